The van der Waals surface area contributed by atoms with Gasteiger partial charge < -0.3 is 23.8 Å². The Morgan fingerprint density at radius 3 is 2.33 bits per heavy atom. The van der Waals surface area contributed by atoms with Crippen molar-refractivity contribution < 1.29 is 70.3 Å². The van der Waals surface area contributed by atoms with Gasteiger partial charge >= 0.3 is 48.6 Å². The number of aromatic nitrogens is 2. The molecule has 4 fully saturated rings. The van der Waals surface area contributed by atoms with Crippen LogP contribution in [0.4, 0.5) is 19.4 Å². The van der Waals surface area contributed by atoms with E-state index in [1.54, 1.807) is 64.8 Å². The Bertz CT molecular complexity index is 1890. The van der Waals surface area contributed by atoms with E-state index < -0.39 is 90.8 Å². The van der Waals surface area contributed by atoms with E-state index in [0.29, 0.717) is 17.5 Å². The summed E-state index contributed by atoms with van der Waals surface area (Å²) >= 11 is 0. The molecular formula is C33H42F2N5O14P. The second-order valence-corrected chi connectivity index (χ2v) is 16.5. The maximum Gasteiger partial charge on any atom is 0.413 e. The van der Waals surface area contributed by atoms with Crippen molar-refractivity contribution in [2.45, 2.75) is 114 Å². The number of hydrogen-bond donors (Lipinski definition) is 2. The molecule has 4 aliphatic heterocycles. The number of hydroxylamine groups is 1. The van der Waals surface area contributed by atoms with Crippen LogP contribution in [0.15, 0.2) is 47.4 Å². The fourth-order valence-electron chi connectivity index (χ4n) is 5.98. The Labute approximate surface area is 313 Å². The van der Waals surface area contributed by atoms with Crippen molar-refractivity contribution in [3.63, 3.8) is 0 Å². The van der Waals surface area contributed by atoms with Crippen molar-refractivity contribution in [1.29, 1.82) is 0 Å². The van der Waals surface area contributed by atoms with Crippen LogP contribution >= 0.6 is 7.60 Å². The minimum atomic E-state index is -4.33. The average Bonchev–Trinajstić information content (AvgIpc) is 3.73. The summed E-state index contributed by atoms with van der Waals surface area (Å²) in [5.74, 6) is -9.68. The lowest BCUT2D eigenvalue weighted by Gasteiger charge is -2.37. The number of alkyl halides is 2. The number of fused-ring (bicyclic) bond motifs is 1. The minimum absolute atomic E-state index is 0.0220. The number of para-hydroxylation sites is 1. The first-order valence-corrected chi connectivity index (χ1v) is 18.9. The van der Waals surface area contributed by atoms with Gasteiger partial charge in [0.15, 0.2) is 11.9 Å². The Kier molecular flexibility index (Phi) is 10.9. The highest BCUT2D eigenvalue weighted by Crippen LogP contribution is 3.00. The fourth-order valence-corrected chi connectivity index (χ4v) is 7.81. The van der Waals surface area contributed by atoms with Gasteiger partial charge in [-0.2, -0.15) is 19.2 Å². The van der Waals surface area contributed by atoms with Crippen molar-refractivity contribution in [2.75, 3.05) is 18.9 Å². The molecule has 4 saturated heterocycles. The van der Waals surface area contributed by atoms with Crippen LogP contribution in [0, 0.1) is 0 Å². The molecule has 1 aromatic heterocycles. The average molecular weight is 802 g/mol. The first-order chi connectivity index (χ1) is 25.7. The van der Waals surface area contributed by atoms with Crippen molar-refractivity contribution in [1.82, 2.24) is 19.9 Å². The number of nitrogens with zero attached hydrogens (tertiary/aromatic N) is 3. The Morgan fingerprint density at radius 2 is 1.76 bits per heavy atom. The van der Waals surface area contributed by atoms with Gasteiger partial charge in [0, 0.05) is 6.20 Å². The number of esters is 2. The van der Waals surface area contributed by atoms with Crippen LogP contribution in [0.2, 0.25) is 0 Å². The molecule has 2 aromatic rings. The van der Waals surface area contributed by atoms with Crippen LogP contribution in [0.25, 0.3) is 0 Å². The first-order valence-electron chi connectivity index (χ1n) is 17.3. The van der Waals surface area contributed by atoms with Gasteiger partial charge in [-0.05, 0) is 86.2 Å². The third kappa shape index (κ3) is 7.97. The number of anilines is 1. The highest BCUT2D eigenvalue weighted by molar-refractivity contribution is 7.68. The lowest BCUT2D eigenvalue weighted by Crippen LogP contribution is -2.64. The lowest BCUT2D eigenvalue weighted by molar-refractivity contribution is -0.456. The van der Waals surface area contributed by atoms with E-state index in [1.807, 2.05) is 0 Å². The van der Waals surface area contributed by atoms with E-state index in [-0.39, 0.29) is 18.0 Å². The number of ether oxygens (including phenoxy) is 4. The highest BCUT2D eigenvalue weighted by atomic mass is 31.2. The van der Waals surface area contributed by atoms with Crippen molar-refractivity contribution in [3.05, 3.63) is 53.1 Å². The van der Waals surface area contributed by atoms with Crippen LogP contribution in [-0.4, -0.2) is 99.3 Å². The minimum Gasteiger partial charge on any atom is -0.462 e. The number of amides is 1. The molecule has 2 N–H and O–H groups in total. The summed E-state index contributed by atoms with van der Waals surface area (Å²) in [7, 11) is -2.51. The number of carbonyl (C=O) groups excluding carboxylic acids is 3. The summed E-state index contributed by atoms with van der Waals surface area (Å²) < 4.78 is 80.3. The molecule has 6 rings (SSSR count). The zero-order chi connectivity index (χ0) is 40.1. The lowest BCUT2D eigenvalue weighted by atomic mass is 10.00. The molecular weight excluding hydrogens is 759 g/mol. The number of likely N-dealkylation sites (N-methyl/N-ethyl adjacent to an activating group) is 1. The van der Waals surface area contributed by atoms with Gasteiger partial charge in [-0.1, -0.05) is 18.2 Å². The van der Waals surface area contributed by atoms with Crippen molar-refractivity contribution >= 4 is 31.4 Å². The van der Waals surface area contributed by atoms with Crippen molar-refractivity contribution in [2.24, 2.45) is 0 Å². The van der Waals surface area contributed by atoms with E-state index in [9.17, 15) is 23.7 Å². The number of carbonyl (C=O) groups is 3. The zero-order valence-corrected chi connectivity index (χ0v) is 31.8. The van der Waals surface area contributed by atoms with E-state index in [2.05, 4.69) is 15.8 Å². The second-order valence-electron chi connectivity index (χ2n) is 14.5. The van der Waals surface area contributed by atoms with Gasteiger partial charge in [-0.3, -0.25) is 42.8 Å². The van der Waals surface area contributed by atoms with Crippen LogP contribution in [-0.2, 0) is 51.9 Å². The molecule has 0 saturated carbocycles. The maximum atomic E-state index is 17.0. The standard InChI is InChI=1S/C33H42F2N5O14P/c1-18(2)46-25(41)19(3)38-51-32(33-53-55(33,45)54-33,52-50-20-12-9-8-10-13-20)24-23(47-26(42)21-14-11-16-39(21)7)31(34,35)27(48-24)40-17-15-22(36-28(40)43)37-29(44)49-30(4,5)6/h8-10,12-13,15,17-19,21,23-24,27,38H,11,14,16H2,1-7H3,(H,36,37,43,44)/t19-,21-,23+,24+,27+,32+,33?,55?/m0/s1. The van der Waals surface area contributed by atoms with E-state index in [4.69, 9.17) is 42.6 Å². The van der Waals surface area contributed by atoms with Crippen LogP contribution in [0.1, 0.15) is 60.6 Å². The molecule has 4 aliphatic rings. The molecule has 0 aliphatic carbocycles. The number of rotatable bonds is 14. The van der Waals surface area contributed by atoms with E-state index >= 15 is 8.78 Å². The molecule has 22 heteroatoms. The molecule has 0 spiro atoms. The molecule has 19 nitrogen and oxygen atoms in total. The summed E-state index contributed by atoms with van der Waals surface area (Å²) in [6, 6.07) is 6.30. The van der Waals surface area contributed by atoms with Crippen LogP contribution < -0.4 is 21.4 Å². The van der Waals surface area contributed by atoms with E-state index in [0.717, 1.165) is 12.3 Å². The highest BCUT2D eigenvalue weighted by Gasteiger charge is 3.04. The molecule has 55 heavy (non-hydrogen) atoms. The summed E-state index contributed by atoms with van der Waals surface area (Å²) in [4.78, 5) is 74.4. The zero-order valence-electron chi connectivity index (χ0n) is 30.9. The summed E-state index contributed by atoms with van der Waals surface area (Å²) in [5, 5.41) is 2.24. The molecule has 1 amide bonds. The second kappa shape index (κ2) is 14.8. The smallest absolute Gasteiger partial charge is 0.413 e. The monoisotopic (exact) mass is 801 g/mol. The van der Waals surface area contributed by atoms with Gasteiger partial charge in [0.25, 0.3) is 0 Å². The normalized spacial score (nSPS) is 29.8. The summed E-state index contributed by atoms with van der Waals surface area (Å²) in [6.07, 6.45) is -7.60. The summed E-state index contributed by atoms with van der Waals surface area (Å²) in [5.41, 5.74) is -2.40. The molecule has 302 valence electrons. The Balaban J connectivity index is 1.42. The number of likely N-dealkylation sites (tertiary alicyclic amines) is 1. The molecule has 0 unspecified atom stereocenters. The van der Waals surface area contributed by atoms with Crippen molar-refractivity contribution in [3.8, 4) is 5.75 Å². The largest absolute Gasteiger partial charge is 0.462 e. The predicted octanol–water partition coefficient (Wildman–Crippen LogP) is 3.60. The van der Waals surface area contributed by atoms with Crippen LogP contribution in [0.3, 0.4) is 0 Å². The van der Waals surface area contributed by atoms with E-state index in [1.165, 1.54) is 19.1 Å². The number of hydrogen-bond acceptors (Lipinski definition) is 17. The Hall–Kier alpha value is -4.08. The summed E-state index contributed by atoms with van der Waals surface area (Å²) in [6.45, 7) is 9.75. The maximum absolute atomic E-state index is 17.0. The molecule has 1 aromatic carbocycles. The molecule has 6 atom stereocenters. The predicted molar refractivity (Wildman–Crippen MR) is 181 cm³/mol. The molecule has 0 bridgehead atoms. The quantitative estimate of drug-likeness (QED) is 0.0530. The first kappa shape index (κ1) is 40.6. The van der Waals surface area contributed by atoms with Gasteiger partial charge in [-0.15, -0.1) is 4.89 Å². The fraction of sp³-hybridized carbons (Fsp3) is 0.606. The van der Waals surface area contributed by atoms with Gasteiger partial charge in [0.05, 0.1) is 6.10 Å². The Morgan fingerprint density at radius 1 is 1.09 bits per heavy atom. The number of nitrogens with one attached hydrogen (secondary N) is 2. The van der Waals surface area contributed by atoms with Gasteiger partial charge in [0.2, 0.25) is 12.3 Å². The number of halogens is 2. The SMILES string of the molecule is CC(C)OC(=O)[C@H](C)NO[C@@](OOc1ccccc1)([C@@H]1O[C@@H](n2ccc(NC(=O)OC(C)(C)C)nc2=O)C(F)(F)[C@@H]1OC(=O)[C@@H]1CCCN1C)C12OP1(=O)O2. The topological polar surface area (TPSA) is 220 Å². The van der Waals surface area contributed by atoms with Gasteiger partial charge in [0.1, 0.15) is 23.5 Å². The molecule has 0 radical (unpaired) electrons. The third-order valence-electron chi connectivity index (χ3n) is 8.70. The van der Waals surface area contributed by atoms with Gasteiger partial charge in [-0.25, -0.2) is 9.59 Å². The number of benzene rings is 1. The van der Waals surface area contributed by atoms with Crippen LogP contribution in [0.5, 0.6) is 5.75 Å². The molecule has 5 heterocycles. The third-order valence-corrected chi connectivity index (χ3v) is 10.6.